The van der Waals surface area contributed by atoms with Gasteiger partial charge in [-0.25, -0.2) is 4.79 Å². The van der Waals surface area contributed by atoms with E-state index >= 15 is 0 Å². The molecule has 0 aliphatic rings. The number of phenolic OH excluding ortho intramolecular Hbond substituents is 1. The topological polar surface area (TPSA) is 72.8 Å². The zero-order valence-corrected chi connectivity index (χ0v) is 10.5. The number of hydrogen-bond acceptors (Lipinski definition) is 5. The molecular weight excluding hydrogens is 248 g/mol. The van der Waals surface area contributed by atoms with Gasteiger partial charge >= 0.3 is 11.9 Å². The van der Waals surface area contributed by atoms with E-state index in [9.17, 15) is 14.7 Å². The van der Waals surface area contributed by atoms with Crippen molar-refractivity contribution in [2.45, 2.75) is 6.92 Å². The van der Waals surface area contributed by atoms with E-state index in [-0.39, 0.29) is 17.1 Å². The summed E-state index contributed by atoms with van der Waals surface area (Å²) in [6, 6.07) is 7.70. The fraction of sp³-hybridized carbons (Fsp3) is 0.143. The summed E-state index contributed by atoms with van der Waals surface area (Å²) in [5.74, 6) is -0.872. The van der Waals surface area contributed by atoms with Crippen molar-refractivity contribution in [3.05, 3.63) is 35.9 Å². The zero-order chi connectivity index (χ0) is 14.0. The molecule has 0 saturated carbocycles. The average Bonchev–Trinajstić information content (AvgIpc) is 2.38. The van der Waals surface area contributed by atoms with E-state index in [1.54, 1.807) is 12.1 Å². The van der Waals surface area contributed by atoms with Crippen molar-refractivity contribution in [2.24, 2.45) is 0 Å². The molecule has 0 aromatic heterocycles. The molecule has 0 radical (unpaired) electrons. The summed E-state index contributed by atoms with van der Waals surface area (Å²) in [6.45, 7) is 1.26. The molecule has 5 heteroatoms. The van der Waals surface area contributed by atoms with Crippen molar-refractivity contribution in [3.8, 4) is 11.5 Å². The third-order valence-electron chi connectivity index (χ3n) is 2.61. The SMILES string of the molecule is COC(=O)c1cc(OC(C)=O)c2cccc(O)c2c1. The molecule has 0 aliphatic carbocycles. The lowest BCUT2D eigenvalue weighted by molar-refractivity contribution is -0.131. The van der Waals surface area contributed by atoms with Gasteiger partial charge in [0.2, 0.25) is 0 Å². The van der Waals surface area contributed by atoms with E-state index in [4.69, 9.17) is 4.74 Å². The highest BCUT2D eigenvalue weighted by Gasteiger charge is 2.14. The predicted molar refractivity (Wildman–Crippen MR) is 68.3 cm³/mol. The van der Waals surface area contributed by atoms with Crippen molar-refractivity contribution >= 4 is 22.7 Å². The summed E-state index contributed by atoms with van der Waals surface area (Å²) in [5, 5.41) is 10.8. The van der Waals surface area contributed by atoms with E-state index in [1.165, 1.54) is 32.2 Å². The molecule has 2 aromatic rings. The van der Waals surface area contributed by atoms with Crippen molar-refractivity contribution in [2.75, 3.05) is 7.11 Å². The maximum absolute atomic E-state index is 11.6. The van der Waals surface area contributed by atoms with Crippen LogP contribution in [-0.4, -0.2) is 24.2 Å². The second-order valence-electron chi connectivity index (χ2n) is 3.93. The second-order valence-corrected chi connectivity index (χ2v) is 3.93. The van der Waals surface area contributed by atoms with E-state index in [0.29, 0.717) is 10.8 Å². The van der Waals surface area contributed by atoms with Crippen LogP contribution in [0.5, 0.6) is 11.5 Å². The maximum Gasteiger partial charge on any atom is 0.338 e. The number of rotatable bonds is 2. The molecule has 0 heterocycles. The fourth-order valence-corrected chi connectivity index (χ4v) is 1.81. The Morgan fingerprint density at radius 1 is 1.16 bits per heavy atom. The first-order chi connectivity index (χ1) is 9.02. The van der Waals surface area contributed by atoms with Gasteiger partial charge in [0.1, 0.15) is 11.5 Å². The molecule has 19 heavy (non-hydrogen) atoms. The summed E-state index contributed by atoms with van der Waals surface area (Å²) in [4.78, 5) is 22.7. The Balaban J connectivity index is 2.72. The van der Waals surface area contributed by atoms with Gasteiger partial charge in [-0.05, 0) is 18.2 Å². The number of ether oxygens (including phenoxy) is 2. The normalized spacial score (nSPS) is 10.2. The number of benzene rings is 2. The number of methoxy groups -OCH3 is 1. The summed E-state index contributed by atoms with van der Waals surface area (Å²) < 4.78 is 9.68. The quantitative estimate of drug-likeness (QED) is 0.662. The van der Waals surface area contributed by atoms with Crippen LogP contribution < -0.4 is 4.74 Å². The number of hydrogen-bond donors (Lipinski definition) is 1. The number of fused-ring (bicyclic) bond motifs is 1. The van der Waals surface area contributed by atoms with Crippen molar-refractivity contribution in [1.82, 2.24) is 0 Å². The summed E-state index contributed by atoms with van der Waals surface area (Å²) in [6.07, 6.45) is 0. The van der Waals surface area contributed by atoms with E-state index in [0.717, 1.165) is 0 Å². The van der Waals surface area contributed by atoms with Gasteiger partial charge in [0, 0.05) is 17.7 Å². The molecule has 2 rings (SSSR count). The minimum Gasteiger partial charge on any atom is -0.507 e. The third-order valence-corrected chi connectivity index (χ3v) is 2.61. The summed E-state index contributed by atoms with van der Waals surface area (Å²) in [7, 11) is 1.25. The van der Waals surface area contributed by atoms with Crippen LogP contribution >= 0.6 is 0 Å². The Kier molecular flexibility index (Phi) is 3.37. The van der Waals surface area contributed by atoms with Gasteiger partial charge in [0.05, 0.1) is 12.7 Å². The molecule has 0 fully saturated rings. The van der Waals surface area contributed by atoms with Crippen LogP contribution in [0.4, 0.5) is 0 Å². The van der Waals surface area contributed by atoms with Crippen molar-refractivity contribution in [3.63, 3.8) is 0 Å². The van der Waals surface area contributed by atoms with Crippen LogP contribution in [0.2, 0.25) is 0 Å². The molecule has 98 valence electrons. The van der Waals surface area contributed by atoms with Crippen LogP contribution in [0.3, 0.4) is 0 Å². The maximum atomic E-state index is 11.6. The van der Waals surface area contributed by atoms with Gasteiger partial charge in [-0.2, -0.15) is 0 Å². The first-order valence-corrected chi connectivity index (χ1v) is 5.55. The Labute approximate surface area is 109 Å². The van der Waals surface area contributed by atoms with Crippen LogP contribution in [0.15, 0.2) is 30.3 Å². The number of esters is 2. The molecular formula is C14H12O5. The van der Waals surface area contributed by atoms with Gasteiger partial charge < -0.3 is 14.6 Å². The third kappa shape index (κ3) is 2.49. The molecule has 0 unspecified atom stereocenters. The highest BCUT2D eigenvalue weighted by atomic mass is 16.5. The minimum absolute atomic E-state index is 0.00310. The van der Waals surface area contributed by atoms with Gasteiger partial charge in [-0.1, -0.05) is 12.1 Å². The molecule has 0 bridgehead atoms. The molecule has 0 aliphatic heterocycles. The Morgan fingerprint density at radius 2 is 1.89 bits per heavy atom. The van der Waals surface area contributed by atoms with Crippen LogP contribution in [0.1, 0.15) is 17.3 Å². The molecule has 0 saturated heterocycles. The predicted octanol–water partition coefficient (Wildman–Crippen LogP) is 2.26. The van der Waals surface area contributed by atoms with Crippen molar-refractivity contribution < 1.29 is 24.2 Å². The standard InChI is InChI=1S/C14H12O5/c1-8(15)19-13-7-9(14(17)18-2)6-11-10(13)4-3-5-12(11)16/h3-7,16H,1-2H3. The number of carbonyl (C=O) groups excluding carboxylic acids is 2. The van der Waals surface area contributed by atoms with Crippen LogP contribution in [-0.2, 0) is 9.53 Å². The Hall–Kier alpha value is -2.56. The average molecular weight is 260 g/mol. The molecule has 5 nitrogen and oxygen atoms in total. The fourth-order valence-electron chi connectivity index (χ4n) is 1.81. The van der Waals surface area contributed by atoms with Gasteiger partial charge in [-0.15, -0.1) is 0 Å². The Morgan fingerprint density at radius 3 is 2.53 bits per heavy atom. The number of carbonyl (C=O) groups is 2. The highest BCUT2D eigenvalue weighted by molar-refractivity contribution is 6.01. The smallest absolute Gasteiger partial charge is 0.338 e. The molecule has 0 atom stereocenters. The van der Waals surface area contributed by atoms with E-state index in [2.05, 4.69) is 4.74 Å². The lowest BCUT2D eigenvalue weighted by Gasteiger charge is -2.09. The lowest BCUT2D eigenvalue weighted by atomic mass is 10.0. The van der Waals surface area contributed by atoms with Gasteiger partial charge in [0.25, 0.3) is 0 Å². The first kappa shape index (κ1) is 12.9. The summed E-state index contributed by atoms with van der Waals surface area (Å²) in [5.41, 5.74) is 0.202. The molecule has 0 spiro atoms. The summed E-state index contributed by atoms with van der Waals surface area (Å²) >= 11 is 0. The zero-order valence-electron chi connectivity index (χ0n) is 10.5. The van der Waals surface area contributed by atoms with Gasteiger partial charge in [0.15, 0.2) is 0 Å². The van der Waals surface area contributed by atoms with Crippen molar-refractivity contribution in [1.29, 1.82) is 0 Å². The van der Waals surface area contributed by atoms with Crippen LogP contribution in [0, 0.1) is 0 Å². The Bertz CT molecular complexity index is 660. The number of phenols is 1. The second kappa shape index (κ2) is 4.97. The highest BCUT2D eigenvalue weighted by Crippen LogP contribution is 2.33. The monoisotopic (exact) mass is 260 g/mol. The first-order valence-electron chi connectivity index (χ1n) is 5.55. The van der Waals surface area contributed by atoms with Crippen LogP contribution in [0.25, 0.3) is 10.8 Å². The lowest BCUT2D eigenvalue weighted by Crippen LogP contribution is -2.05. The molecule has 2 aromatic carbocycles. The van der Waals surface area contributed by atoms with E-state index in [1.807, 2.05) is 0 Å². The number of aromatic hydroxyl groups is 1. The van der Waals surface area contributed by atoms with Gasteiger partial charge in [-0.3, -0.25) is 4.79 Å². The molecule has 0 amide bonds. The minimum atomic E-state index is -0.571. The molecule has 1 N–H and O–H groups in total. The van der Waals surface area contributed by atoms with E-state index < -0.39 is 11.9 Å². The largest absolute Gasteiger partial charge is 0.507 e.